The van der Waals surface area contributed by atoms with Crippen molar-refractivity contribution >= 4 is 5.78 Å². The van der Waals surface area contributed by atoms with E-state index < -0.39 is 36.8 Å². The molecule has 0 aliphatic rings. The fourth-order valence-electron chi connectivity index (χ4n) is 0.763. The van der Waals surface area contributed by atoms with Crippen molar-refractivity contribution in [1.82, 2.24) is 0 Å². The van der Waals surface area contributed by atoms with E-state index in [1.54, 1.807) is 0 Å². The first-order valence-electron chi connectivity index (χ1n) is 3.75. The van der Waals surface area contributed by atoms with Gasteiger partial charge in [0, 0.05) is 0 Å². The lowest BCUT2D eigenvalue weighted by molar-refractivity contribution is -0.145. The third-order valence-corrected chi connectivity index (χ3v) is 1.67. The normalized spacial score (nSPS) is 20.5. The second-order valence-corrected chi connectivity index (χ2v) is 2.79. The molecule has 6 nitrogen and oxygen atoms in total. The average Bonchev–Trinajstić information content (AvgIpc) is 2.12. The van der Waals surface area contributed by atoms with Crippen molar-refractivity contribution in [1.29, 1.82) is 0 Å². The first kappa shape index (κ1) is 12.5. The molecule has 0 aliphatic carbocycles. The van der Waals surface area contributed by atoms with E-state index in [0.29, 0.717) is 0 Å². The van der Waals surface area contributed by atoms with Crippen molar-refractivity contribution < 1.29 is 30.3 Å². The lowest BCUT2D eigenvalue weighted by Gasteiger charge is -2.23. The molecule has 0 spiro atoms. The number of rotatable bonds is 5. The fraction of sp³-hybridized carbons (Fsp3) is 0.857. The molecule has 4 atom stereocenters. The monoisotopic (exact) mass is 194 g/mol. The Labute approximate surface area is 75.1 Å². The van der Waals surface area contributed by atoms with Gasteiger partial charge in [-0.15, -0.1) is 0 Å². The predicted octanol–water partition coefficient (Wildman–Crippen LogP) is -2.99. The molecule has 0 rings (SSSR count). The summed E-state index contributed by atoms with van der Waals surface area (Å²) in [6.45, 7) is 0.273. The van der Waals surface area contributed by atoms with Gasteiger partial charge in [-0.2, -0.15) is 0 Å². The van der Waals surface area contributed by atoms with E-state index in [0.717, 1.165) is 6.92 Å². The number of Topliss-reactive ketones (excluding diaryl/α,β-unsaturated/α-hetero) is 1. The van der Waals surface area contributed by atoms with E-state index in [1.807, 2.05) is 0 Å². The van der Waals surface area contributed by atoms with E-state index in [1.165, 1.54) is 0 Å². The molecule has 78 valence electrons. The molecule has 0 bridgehead atoms. The van der Waals surface area contributed by atoms with Crippen LogP contribution in [-0.2, 0) is 4.79 Å². The summed E-state index contributed by atoms with van der Waals surface area (Å²) in [6, 6.07) is 0. The molecular formula is C7H14O6. The van der Waals surface area contributed by atoms with Gasteiger partial charge in [-0.1, -0.05) is 0 Å². The Morgan fingerprint density at radius 2 is 1.62 bits per heavy atom. The Hall–Kier alpha value is -0.530. The molecule has 0 heterocycles. The Bertz CT molecular complexity index is 170. The van der Waals surface area contributed by atoms with Gasteiger partial charge in [0.15, 0.2) is 5.78 Å². The molecule has 0 amide bonds. The standard InChI is InChI=1S/C7H14O6/c1-3(9)5(11)7(13)6(12)4(10)2-8/h4-8,10-13H,2H2,1H3/t4-,5-,6+,7+/m0/s1. The van der Waals surface area contributed by atoms with Crippen LogP contribution in [0.2, 0.25) is 0 Å². The molecule has 0 aromatic rings. The molecule has 0 aromatic heterocycles. The van der Waals surface area contributed by atoms with Crippen molar-refractivity contribution in [2.24, 2.45) is 0 Å². The van der Waals surface area contributed by atoms with Crippen molar-refractivity contribution in [3.63, 3.8) is 0 Å². The van der Waals surface area contributed by atoms with E-state index >= 15 is 0 Å². The summed E-state index contributed by atoms with van der Waals surface area (Å²) in [5.74, 6) is -0.725. The van der Waals surface area contributed by atoms with Crippen LogP contribution in [0.4, 0.5) is 0 Å². The van der Waals surface area contributed by atoms with E-state index in [4.69, 9.17) is 25.5 Å². The minimum atomic E-state index is -1.79. The molecule has 0 aromatic carbocycles. The van der Waals surface area contributed by atoms with Crippen molar-refractivity contribution in [3.8, 4) is 0 Å². The second kappa shape index (κ2) is 5.25. The summed E-state index contributed by atoms with van der Waals surface area (Å²) in [4.78, 5) is 10.5. The highest BCUT2D eigenvalue weighted by Crippen LogP contribution is 2.05. The number of hydrogen-bond acceptors (Lipinski definition) is 6. The average molecular weight is 194 g/mol. The van der Waals surface area contributed by atoms with Gasteiger partial charge in [-0.3, -0.25) is 4.79 Å². The molecule has 13 heavy (non-hydrogen) atoms. The summed E-state index contributed by atoms with van der Waals surface area (Å²) in [7, 11) is 0. The van der Waals surface area contributed by atoms with Crippen LogP contribution >= 0.6 is 0 Å². The third-order valence-electron chi connectivity index (χ3n) is 1.67. The smallest absolute Gasteiger partial charge is 0.160 e. The van der Waals surface area contributed by atoms with Gasteiger partial charge in [-0.25, -0.2) is 0 Å². The molecule has 6 heteroatoms. The molecular weight excluding hydrogens is 180 g/mol. The quantitative estimate of drug-likeness (QED) is 0.318. The minimum absolute atomic E-state index is 0.725. The van der Waals surface area contributed by atoms with Gasteiger partial charge in [0.25, 0.3) is 0 Å². The minimum Gasteiger partial charge on any atom is -0.394 e. The lowest BCUT2D eigenvalue weighted by Crippen LogP contribution is -2.48. The number of hydrogen-bond donors (Lipinski definition) is 5. The Morgan fingerprint density at radius 3 is 1.92 bits per heavy atom. The van der Waals surface area contributed by atoms with Gasteiger partial charge in [0.2, 0.25) is 0 Å². The highest BCUT2D eigenvalue weighted by molar-refractivity contribution is 5.80. The Kier molecular flexibility index (Phi) is 5.04. The number of ketones is 1. The maximum absolute atomic E-state index is 10.5. The fourth-order valence-corrected chi connectivity index (χ4v) is 0.763. The summed E-state index contributed by atoms with van der Waals surface area (Å²) in [5, 5.41) is 44.3. The summed E-state index contributed by atoms with van der Waals surface area (Å²) < 4.78 is 0. The van der Waals surface area contributed by atoms with E-state index in [2.05, 4.69) is 0 Å². The zero-order chi connectivity index (χ0) is 10.6. The van der Waals surface area contributed by atoms with E-state index in [9.17, 15) is 4.79 Å². The zero-order valence-electron chi connectivity index (χ0n) is 7.16. The molecule has 5 N–H and O–H groups in total. The van der Waals surface area contributed by atoms with Crippen molar-refractivity contribution in [2.45, 2.75) is 31.3 Å². The Morgan fingerprint density at radius 1 is 1.15 bits per heavy atom. The summed E-state index contributed by atoms with van der Waals surface area (Å²) >= 11 is 0. The van der Waals surface area contributed by atoms with Gasteiger partial charge >= 0.3 is 0 Å². The van der Waals surface area contributed by atoms with Crippen LogP contribution in [0.5, 0.6) is 0 Å². The third kappa shape index (κ3) is 3.37. The second-order valence-electron chi connectivity index (χ2n) is 2.79. The van der Waals surface area contributed by atoms with Crippen molar-refractivity contribution in [3.05, 3.63) is 0 Å². The number of carbonyl (C=O) groups is 1. The van der Waals surface area contributed by atoms with E-state index in [-0.39, 0.29) is 0 Å². The summed E-state index contributed by atoms with van der Waals surface area (Å²) in [6.07, 6.45) is -6.87. The molecule has 0 radical (unpaired) electrons. The van der Waals surface area contributed by atoms with Gasteiger partial charge < -0.3 is 25.5 Å². The van der Waals surface area contributed by atoms with Crippen LogP contribution < -0.4 is 0 Å². The number of aliphatic hydroxyl groups is 5. The SMILES string of the molecule is CC(=O)[C@H](O)[C@@H](O)[C@H](O)[C@@H](O)CO. The zero-order valence-corrected chi connectivity index (χ0v) is 7.16. The van der Waals surface area contributed by atoms with Gasteiger partial charge in [0.1, 0.15) is 24.4 Å². The first-order chi connectivity index (χ1) is 5.91. The first-order valence-corrected chi connectivity index (χ1v) is 3.75. The molecule has 0 unspecified atom stereocenters. The maximum atomic E-state index is 10.5. The van der Waals surface area contributed by atoms with Crippen LogP contribution in [0.25, 0.3) is 0 Å². The molecule has 0 saturated heterocycles. The maximum Gasteiger partial charge on any atom is 0.160 e. The predicted molar refractivity (Wildman–Crippen MR) is 41.8 cm³/mol. The highest BCUT2D eigenvalue weighted by Gasteiger charge is 2.32. The van der Waals surface area contributed by atoms with Crippen LogP contribution in [0.3, 0.4) is 0 Å². The molecule has 0 saturated carbocycles. The molecule has 0 aliphatic heterocycles. The summed E-state index contributed by atoms with van der Waals surface area (Å²) in [5.41, 5.74) is 0. The largest absolute Gasteiger partial charge is 0.394 e. The van der Waals surface area contributed by atoms with Crippen LogP contribution in [-0.4, -0.2) is 62.3 Å². The number of carbonyl (C=O) groups excluding carboxylic acids is 1. The van der Waals surface area contributed by atoms with Gasteiger partial charge in [-0.05, 0) is 6.92 Å². The van der Waals surface area contributed by atoms with Gasteiger partial charge in [0.05, 0.1) is 6.61 Å². The molecule has 0 fully saturated rings. The van der Waals surface area contributed by atoms with Crippen LogP contribution in [0.15, 0.2) is 0 Å². The van der Waals surface area contributed by atoms with Crippen molar-refractivity contribution in [2.75, 3.05) is 6.61 Å². The highest BCUT2D eigenvalue weighted by atomic mass is 16.4. The lowest BCUT2D eigenvalue weighted by atomic mass is 10.0. The number of aliphatic hydroxyl groups excluding tert-OH is 5. The topological polar surface area (TPSA) is 118 Å². The van der Waals surface area contributed by atoms with Crippen LogP contribution in [0, 0.1) is 0 Å². The Balaban J connectivity index is 4.24. The van der Waals surface area contributed by atoms with Crippen LogP contribution in [0.1, 0.15) is 6.92 Å².